The minimum absolute atomic E-state index is 0.560. The summed E-state index contributed by atoms with van der Waals surface area (Å²) in [4.78, 5) is 2.49. The third kappa shape index (κ3) is 1.93. The molecule has 1 atom stereocenters. The minimum atomic E-state index is 0.560. The lowest BCUT2D eigenvalue weighted by atomic mass is 10.2. The lowest BCUT2D eigenvalue weighted by Gasteiger charge is -2.32. The second-order valence-corrected chi connectivity index (χ2v) is 3.50. The number of allylic oxidation sites excluding steroid dienone is 2. The zero-order valence-electron chi connectivity index (χ0n) is 9.25. The third-order valence-corrected chi connectivity index (χ3v) is 2.77. The maximum atomic E-state index is 2.49. The summed E-state index contributed by atoms with van der Waals surface area (Å²) in [6, 6.07) is 0. The molecule has 1 heterocycles. The van der Waals surface area contributed by atoms with Gasteiger partial charge < -0.3 is 4.90 Å². The summed E-state index contributed by atoms with van der Waals surface area (Å²) in [7, 11) is 2.15. The van der Waals surface area contributed by atoms with Crippen LogP contribution in [-0.4, -0.2) is 35.4 Å². The second kappa shape index (κ2) is 4.45. The molecule has 1 aliphatic rings. The predicted molar refractivity (Wildman–Crippen MR) is 57.1 cm³/mol. The van der Waals surface area contributed by atoms with Crippen LogP contribution in [0.5, 0.6) is 0 Å². The van der Waals surface area contributed by atoms with Crippen molar-refractivity contribution in [1.29, 1.82) is 0 Å². The molecule has 2 nitrogen and oxygen atoms in total. The van der Waals surface area contributed by atoms with Gasteiger partial charge in [-0.05, 0) is 13.3 Å². The molecule has 0 bridgehead atoms. The highest BCUT2D eigenvalue weighted by atomic mass is 15.3. The molecule has 74 valence electrons. The number of rotatable bonds is 3. The van der Waals surface area contributed by atoms with Crippen molar-refractivity contribution in [2.45, 2.75) is 39.8 Å². The Hall–Kier alpha value is -0.790. The van der Waals surface area contributed by atoms with Crippen LogP contribution in [0.2, 0.25) is 0 Å². The maximum Gasteiger partial charge on any atom is 0.227 e. The van der Waals surface area contributed by atoms with Gasteiger partial charge in [0.15, 0.2) is 6.21 Å². The first kappa shape index (κ1) is 10.3. The molecular weight excluding hydrogens is 160 g/mol. The average Bonchev–Trinajstić information content (AvgIpc) is 2.17. The fraction of sp³-hybridized carbons (Fsp3) is 0.727. The SMILES string of the molecule is CCC1=CC=[N+](C)C(CC)N1CC. The molecule has 0 spiro atoms. The van der Waals surface area contributed by atoms with E-state index in [9.17, 15) is 0 Å². The highest BCUT2D eigenvalue weighted by Crippen LogP contribution is 2.17. The van der Waals surface area contributed by atoms with E-state index in [1.54, 1.807) is 0 Å². The zero-order chi connectivity index (χ0) is 9.84. The number of hydrogen-bond acceptors (Lipinski definition) is 1. The highest BCUT2D eigenvalue weighted by Gasteiger charge is 2.26. The topological polar surface area (TPSA) is 6.25 Å². The van der Waals surface area contributed by atoms with E-state index in [2.05, 4.69) is 49.6 Å². The molecule has 0 fully saturated rings. The fourth-order valence-corrected chi connectivity index (χ4v) is 2.05. The van der Waals surface area contributed by atoms with Gasteiger partial charge in [0.25, 0.3) is 0 Å². The predicted octanol–water partition coefficient (Wildman–Crippen LogP) is 2.06. The second-order valence-electron chi connectivity index (χ2n) is 3.50. The van der Waals surface area contributed by atoms with Crippen LogP contribution in [0.1, 0.15) is 33.6 Å². The van der Waals surface area contributed by atoms with E-state index in [-0.39, 0.29) is 0 Å². The molecule has 0 radical (unpaired) electrons. The van der Waals surface area contributed by atoms with E-state index in [4.69, 9.17) is 0 Å². The Morgan fingerprint density at radius 2 is 2.08 bits per heavy atom. The van der Waals surface area contributed by atoms with Gasteiger partial charge in [-0.15, -0.1) is 0 Å². The molecule has 0 amide bonds. The van der Waals surface area contributed by atoms with Crippen molar-refractivity contribution >= 4 is 6.21 Å². The Labute approximate surface area is 81.6 Å². The van der Waals surface area contributed by atoms with Crippen molar-refractivity contribution in [1.82, 2.24) is 4.90 Å². The summed E-state index contributed by atoms with van der Waals surface area (Å²) in [5, 5.41) is 0. The lowest BCUT2D eigenvalue weighted by Crippen LogP contribution is -2.43. The summed E-state index contributed by atoms with van der Waals surface area (Å²) in [6.45, 7) is 7.80. The smallest absolute Gasteiger partial charge is 0.227 e. The first-order valence-corrected chi connectivity index (χ1v) is 5.27. The maximum absolute atomic E-state index is 2.49. The van der Waals surface area contributed by atoms with E-state index in [1.165, 1.54) is 12.1 Å². The number of hydrogen-bond donors (Lipinski definition) is 0. The zero-order valence-corrected chi connectivity index (χ0v) is 9.25. The van der Waals surface area contributed by atoms with Crippen LogP contribution >= 0.6 is 0 Å². The molecule has 2 heteroatoms. The summed E-state index contributed by atoms with van der Waals surface area (Å²) in [5.41, 5.74) is 1.47. The molecule has 0 saturated carbocycles. The summed E-state index contributed by atoms with van der Waals surface area (Å²) >= 11 is 0. The van der Waals surface area contributed by atoms with Gasteiger partial charge in [-0.1, -0.05) is 13.8 Å². The van der Waals surface area contributed by atoms with Crippen molar-refractivity contribution in [3.8, 4) is 0 Å². The first-order chi connectivity index (χ1) is 6.24. The Morgan fingerprint density at radius 1 is 1.38 bits per heavy atom. The van der Waals surface area contributed by atoms with Gasteiger partial charge in [-0.3, -0.25) is 0 Å². The van der Waals surface area contributed by atoms with Crippen LogP contribution < -0.4 is 0 Å². The van der Waals surface area contributed by atoms with E-state index in [0.29, 0.717) is 6.17 Å². The van der Waals surface area contributed by atoms with Gasteiger partial charge in [-0.25, -0.2) is 4.58 Å². The molecule has 0 saturated heterocycles. The summed E-state index contributed by atoms with van der Waals surface area (Å²) < 4.78 is 2.29. The van der Waals surface area contributed by atoms with Gasteiger partial charge in [0, 0.05) is 24.7 Å². The lowest BCUT2D eigenvalue weighted by molar-refractivity contribution is -0.560. The van der Waals surface area contributed by atoms with E-state index in [0.717, 1.165) is 13.0 Å². The van der Waals surface area contributed by atoms with Crippen molar-refractivity contribution < 1.29 is 4.58 Å². The normalized spacial score (nSPS) is 22.8. The molecule has 13 heavy (non-hydrogen) atoms. The van der Waals surface area contributed by atoms with Crippen LogP contribution in [0.25, 0.3) is 0 Å². The van der Waals surface area contributed by atoms with Gasteiger partial charge in [0.05, 0.1) is 0 Å². The van der Waals surface area contributed by atoms with Crippen molar-refractivity contribution in [2.75, 3.05) is 13.6 Å². The van der Waals surface area contributed by atoms with Gasteiger partial charge >= 0.3 is 0 Å². The molecule has 0 aromatic rings. The summed E-state index contributed by atoms with van der Waals surface area (Å²) in [6.07, 6.45) is 7.30. The molecule has 0 N–H and O–H groups in total. The van der Waals surface area contributed by atoms with Crippen molar-refractivity contribution in [2.24, 2.45) is 0 Å². The molecule has 0 aromatic carbocycles. The minimum Gasteiger partial charge on any atom is -0.318 e. The largest absolute Gasteiger partial charge is 0.318 e. The van der Waals surface area contributed by atoms with Crippen molar-refractivity contribution in [3.05, 3.63) is 11.8 Å². The average molecular weight is 181 g/mol. The van der Waals surface area contributed by atoms with E-state index in [1.807, 2.05) is 0 Å². The van der Waals surface area contributed by atoms with Crippen molar-refractivity contribution in [3.63, 3.8) is 0 Å². The van der Waals surface area contributed by atoms with Gasteiger partial charge in [-0.2, -0.15) is 0 Å². The van der Waals surface area contributed by atoms with Gasteiger partial charge in [0.1, 0.15) is 7.05 Å². The molecular formula is C11H21N2+. The van der Waals surface area contributed by atoms with E-state index >= 15 is 0 Å². The Bertz CT molecular complexity index is 228. The standard InChI is InChI=1S/C11H21N2/c1-5-10-8-9-12(4)11(6-2)13(10)7-3/h8-9,11H,5-7H2,1-4H3/q+1. The fourth-order valence-electron chi connectivity index (χ4n) is 2.05. The van der Waals surface area contributed by atoms with E-state index < -0.39 is 0 Å². The monoisotopic (exact) mass is 181 g/mol. The molecule has 0 aliphatic carbocycles. The Morgan fingerprint density at radius 3 is 2.54 bits per heavy atom. The van der Waals surface area contributed by atoms with Crippen LogP contribution in [0.3, 0.4) is 0 Å². The van der Waals surface area contributed by atoms with Crippen LogP contribution in [0, 0.1) is 0 Å². The Balaban J connectivity index is 2.88. The van der Waals surface area contributed by atoms with Gasteiger partial charge in [0.2, 0.25) is 6.17 Å². The first-order valence-electron chi connectivity index (χ1n) is 5.27. The van der Waals surface area contributed by atoms with Crippen LogP contribution in [0.4, 0.5) is 0 Å². The number of nitrogens with zero attached hydrogens (tertiary/aromatic N) is 2. The van der Waals surface area contributed by atoms with Crippen LogP contribution in [-0.2, 0) is 0 Å². The third-order valence-electron chi connectivity index (χ3n) is 2.77. The molecule has 1 unspecified atom stereocenters. The molecule has 1 aliphatic heterocycles. The van der Waals surface area contributed by atoms with Crippen LogP contribution in [0.15, 0.2) is 11.8 Å². The Kier molecular flexibility index (Phi) is 3.52. The quantitative estimate of drug-likeness (QED) is 0.604. The molecule has 1 rings (SSSR count). The summed E-state index contributed by atoms with van der Waals surface area (Å²) in [5.74, 6) is 0. The highest BCUT2D eigenvalue weighted by molar-refractivity contribution is 5.68. The molecule has 0 aromatic heterocycles.